The summed E-state index contributed by atoms with van der Waals surface area (Å²) in [6.07, 6.45) is 1.67. The summed E-state index contributed by atoms with van der Waals surface area (Å²) in [5, 5.41) is 0. The summed E-state index contributed by atoms with van der Waals surface area (Å²) in [6, 6.07) is -0.0648. The Kier molecular flexibility index (Phi) is 4.26. The first-order valence-corrected chi connectivity index (χ1v) is 5.53. The predicted octanol–water partition coefficient (Wildman–Crippen LogP) is -1.05. The average Bonchev–Trinajstić information content (AvgIpc) is 2.27. The van der Waals surface area contributed by atoms with Gasteiger partial charge >= 0.3 is 0 Å². The Balaban J connectivity index is 2.69. The van der Waals surface area contributed by atoms with Crippen molar-refractivity contribution < 1.29 is 9.59 Å². The molecule has 3 unspecified atom stereocenters. The minimum atomic E-state index is -0.331. The molecule has 2 amide bonds. The Labute approximate surface area is 95.3 Å². The van der Waals surface area contributed by atoms with Crippen LogP contribution in [0.1, 0.15) is 26.7 Å². The molecule has 6 heteroatoms. The molecule has 0 aromatic heterocycles. The lowest BCUT2D eigenvalue weighted by Crippen LogP contribution is -2.55. The van der Waals surface area contributed by atoms with E-state index < -0.39 is 0 Å². The highest BCUT2D eigenvalue weighted by atomic mass is 16.2. The average molecular weight is 228 g/mol. The van der Waals surface area contributed by atoms with Crippen LogP contribution in [-0.2, 0) is 9.59 Å². The fourth-order valence-electron chi connectivity index (χ4n) is 2.18. The Morgan fingerprint density at radius 3 is 2.56 bits per heavy atom. The molecular weight excluding hydrogens is 208 g/mol. The Morgan fingerprint density at radius 1 is 1.44 bits per heavy atom. The third kappa shape index (κ3) is 2.70. The van der Waals surface area contributed by atoms with Gasteiger partial charge in [0.1, 0.15) is 0 Å². The number of nitrogens with two attached hydrogens (primary N) is 2. The van der Waals surface area contributed by atoms with Crippen molar-refractivity contribution in [3.05, 3.63) is 0 Å². The number of hydrogen-bond donors (Lipinski definition) is 3. The summed E-state index contributed by atoms with van der Waals surface area (Å²) in [6.45, 7) is 4.35. The largest absolute Gasteiger partial charge is 0.369 e. The van der Waals surface area contributed by atoms with E-state index in [1.165, 1.54) is 0 Å². The van der Waals surface area contributed by atoms with Gasteiger partial charge in [-0.1, -0.05) is 0 Å². The summed E-state index contributed by atoms with van der Waals surface area (Å²) in [5.41, 5.74) is 7.42. The summed E-state index contributed by atoms with van der Waals surface area (Å²) >= 11 is 0. The van der Waals surface area contributed by atoms with E-state index in [4.69, 9.17) is 11.6 Å². The Bertz CT molecular complexity index is 282. The van der Waals surface area contributed by atoms with Gasteiger partial charge in [0, 0.05) is 12.6 Å². The quantitative estimate of drug-likeness (QED) is 0.326. The van der Waals surface area contributed by atoms with Crippen LogP contribution < -0.4 is 17.0 Å². The van der Waals surface area contributed by atoms with Crippen molar-refractivity contribution in [1.82, 2.24) is 10.3 Å². The maximum Gasteiger partial charge on any atom is 0.250 e. The van der Waals surface area contributed by atoms with Crippen molar-refractivity contribution in [2.45, 2.75) is 38.8 Å². The minimum Gasteiger partial charge on any atom is -0.369 e. The van der Waals surface area contributed by atoms with Crippen LogP contribution >= 0.6 is 0 Å². The fourth-order valence-corrected chi connectivity index (χ4v) is 2.18. The topological polar surface area (TPSA) is 101 Å². The predicted molar refractivity (Wildman–Crippen MR) is 59.9 cm³/mol. The van der Waals surface area contributed by atoms with Gasteiger partial charge in [-0.05, 0) is 26.7 Å². The van der Waals surface area contributed by atoms with Gasteiger partial charge in [-0.25, -0.2) is 5.84 Å². The number of carbonyl (C=O) groups is 2. The van der Waals surface area contributed by atoms with Gasteiger partial charge in [-0.3, -0.25) is 19.9 Å². The molecule has 1 aliphatic heterocycles. The summed E-state index contributed by atoms with van der Waals surface area (Å²) in [5.74, 6) is 4.41. The number of amides is 2. The van der Waals surface area contributed by atoms with Crippen LogP contribution in [0, 0.1) is 5.92 Å². The molecule has 0 bridgehead atoms. The lowest BCUT2D eigenvalue weighted by Gasteiger charge is -2.39. The first kappa shape index (κ1) is 12.9. The molecule has 1 saturated heterocycles. The van der Waals surface area contributed by atoms with E-state index in [9.17, 15) is 9.59 Å². The van der Waals surface area contributed by atoms with E-state index in [1.807, 2.05) is 11.8 Å². The van der Waals surface area contributed by atoms with Crippen molar-refractivity contribution in [2.75, 3.05) is 6.54 Å². The Morgan fingerprint density at radius 2 is 2.06 bits per heavy atom. The molecule has 0 aromatic carbocycles. The van der Waals surface area contributed by atoms with Crippen LogP contribution in [-0.4, -0.2) is 35.3 Å². The smallest absolute Gasteiger partial charge is 0.250 e. The highest BCUT2D eigenvalue weighted by molar-refractivity contribution is 5.81. The van der Waals surface area contributed by atoms with E-state index >= 15 is 0 Å². The van der Waals surface area contributed by atoms with Crippen molar-refractivity contribution in [3.63, 3.8) is 0 Å². The van der Waals surface area contributed by atoms with E-state index in [0.717, 1.165) is 12.8 Å². The molecule has 0 spiro atoms. The third-order valence-corrected chi connectivity index (χ3v) is 3.35. The number of nitrogens with zero attached hydrogens (tertiary/aromatic N) is 1. The second-order valence-corrected chi connectivity index (χ2v) is 4.41. The van der Waals surface area contributed by atoms with Crippen LogP contribution in [0.15, 0.2) is 0 Å². The standard InChI is InChI=1S/C10H20N4O2/c1-6-3-4-8(9(11)15)5-14(6)7(2)10(16)13-12/h6-8H,3-5,12H2,1-2H3,(H2,11,15)(H,13,16). The van der Waals surface area contributed by atoms with Crippen LogP contribution in [0.5, 0.6) is 0 Å². The van der Waals surface area contributed by atoms with Crippen LogP contribution in [0.4, 0.5) is 0 Å². The highest BCUT2D eigenvalue weighted by Gasteiger charge is 2.33. The van der Waals surface area contributed by atoms with E-state index in [0.29, 0.717) is 6.54 Å². The molecule has 5 N–H and O–H groups in total. The van der Waals surface area contributed by atoms with Gasteiger partial charge in [-0.2, -0.15) is 0 Å². The molecule has 0 saturated carbocycles. The van der Waals surface area contributed by atoms with E-state index in [2.05, 4.69) is 5.43 Å². The molecule has 1 aliphatic rings. The SMILES string of the molecule is CC1CCC(C(N)=O)CN1C(C)C(=O)NN. The number of hydrazine groups is 1. The number of carbonyl (C=O) groups excluding carboxylic acids is 2. The van der Waals surface area contributed by atoms with E-state index in [1.54, 1.807) is 6.92 Å². The number of piperidine rings is 1. The zero-order valence-electron chi connectivity index (χ0n) is 9.77. The molecule has 1 rings (SSSR count). The zero-order chi connectivity index (χ0) is 12.3. The first-order valence-electron chi connectivity index (χ1n) is 5.53. The Hall–Kier alpha value is -1.14. The summed E-state index contributed by atoms with van der Waals surface area (Å²) < 4.78 is 0. The molecule has 0 aromatic rings. The van der Waals surface area contributed by atoms with Gasteiger partial charge in [-0.15, -0.1) is 0 Å². The van der Waals surface area contributed by atoms with E-state index in [-0.39, 0.29) is 29.8 Å². The number of likely N-dealkylation sites (tertiary alicyclic amines) is 1. The number of primary amides is 1. The van der Waals surface area contributed by atoms with Crippen LogP contribution in [0.3, 0.4) is 0 Å². The minimum absolute atomic E-state index is 0.163. The normalized spacial score (nSPS) is 28.4. The third-order valence-electron chi connectivity index (χ3n) is 3.35. The van der Waals surface area contributed by atoms with Gasteiger partial charge in [0.05, 0.1) is 12.0 Å². The highest BCUT2D eigenvalue weighted by Crippen LogP contribution is 2.23. The molecule has 0 aliphatic carbocycles. The maximum absolute atomic E-state index is 11.4. The summed E-state index contributed by atoms with van der Waals surface area (Å²) in [7, 11) is 0. The molecule has 1 heterocycles. The van der Waals surface area contributed by atoms with Gasteiger partial charge in [0.25, 0.3) is 5.91 Å². The van der Waals surface area contributed by atoms with Gasteiger partial charge in [0.15, 0.2) is 0 Å². The molecule has 3 atom stereocenters. The molecule has 16 heavy (non-hydrogen) atoms. The number of nitrogens with one attached hydrogen (secondary N) is 1. The number of hydrogen-bond acceptors (Lipinski definition) is 4. The molecule has 1 fully saturated rings. The molecule has 6 nitrogen and oxygen atoms in total. The van der Waals surface area contributed by atoms with Crippen molar-refractivity contribution in [2.24, 2.45) is 17.5 Å². The molecular formula is C10H20N4O2. The second kappa shape index (κ2) is 5.27. The summed E-state index contributed by atoms with van der Waals surface area (Å²) in [4.78, 5) is 24.6. The first-order chi connectivity index (χ1) is 7.47. The molecule has 0 radical (unpaired) electrons. The van der Waals surface area contributed by atoms with Crippen LogP contribution in [0.2, 0.25) is 0 Å². The van der Waals surface area contributed by atoms with Crippen LogP contribution in [0.25, 0.3) is 0 Å². The molecule has 92 valence electrons. The maximum atomic E-state index is 11.4. The van der Waals surface area contributed by atoms with Crippen molar-refractivity contribution in [3.8, 4) is 0 Å². The van der Waals surface area contributed by atoms with Gasteiger partial charge < -0.3 is 5.73 Å². The van der Waals surface area contributed by atoms with Crippen molar-refractivity contribution >= 4 is 11.8 Å². The monoisotopic (exact) mass is 228 g/mol. The van der Waals surface area contributed by atoms with Crippen molar-refractivity contribution in [1.29, 1.82) is 0 Å². The zero-order valence-corrected chi connectivity index (χ0v) is 9.77. The van der Waals surface area contributed by atoms with Gasteiger partial charge in [0.2, 0.25) is 5.91 Å². The number of rotatable bonds is 3. The lowest BCUT2D eigenvalue weighted by atomic mass is 9.91. The fraction of sp³-hybridized carbons (Fsp3) is 0.800. The lowest BCUT2D eigenvalue weighted by molar-refractivity contribution is -0.131. The second-order valence-electron chi connectivity index (χ2n) is 4.41.